The van der Waals surface area contributed by atoms with Crippen LogP contribution in [-0.2, 0) is 20.4 Å². The van der Waals surface area contributed by atoms with Gasteiger partial charge in [-0.25, -0.2) is 4.79 Å². The third-order valence-electron chi connectivity index (χ3n) is 2.64. The van der Waals surface area contributed by atoms with Crippen LogP contribution in [0.5, 0.6) is 0 Å². The third kappa shape index (κ3) is 4.99. The highest BCUT2D eigenvalue weighted by Gasteiger charge is 2.34. The Balaban J connectivity index is 3.26. The molecule has 8 heteroatoms. The summed E-state index contributed by atoms with van der Waals surface area (Å²) in [5.74, 6) is -1.92. The van der Waals surface area contributed by atoms with E-state index in [1.165, 1.54) is 6.92 Å². The first-order valence-corrected chi connectivity index (χ1v) is 7.00. The number of carbonyl (C=O) groups is 2. The topological polar surface area (TPSA) is 52.6 Å². The van der Waals surface area contributed by atoms with Crippen molar-refractivity contribution in [3.05, 3.63) is 46.2 Å². The Morgan fingerprint density at radius 3 is 2.39 bits per heavy atom. The first kappa shape index (κ1) is 19.0. The lowest BCUT2D eigenvalue weighted by Gasteiger charge is -2.11. The van der Waals surface area contributed by atoms with E-state index in [0.717, 1.165) is 18.4 Å². The summed E-state index contributed by atoms with van der Waals surface area (Å²) in [7, 11) is 0. The summed E-state index contributed by atoms with van der Waals surface area (Å²) in [5, 5.41) is -0.541. The number of Topliss-reactive ketones (excluding diaryl/α,β-unsaturated/α-hetero) is 1. The molecule has 0 heterocycles. The van der Waals surface area contributed by atoms with E-state index >= 15 is 0 Å². The lowest BCUT2D eigenvalue weighted by molar-refractivity contribution is -0.138. The lowest BCUT2D eigenvalue weighted by atomic mass is 10.0. The molecule has 0 aromatic heterocycles. The summed E-state index contributed by atoms with van der Waals surface area (Å²) >= 11 is 5.50. The van der Waals surface area contributed by atoms with Gasteiger partial charge in [-0.3, -0.25) is 4.79 Å². The Morgan fingerprint density at radius 2 is 1.87 bits per heavy atom. The van der Waals surface area contributed by atoms with Gasteiger partial charge in [0.1, 0.15) is 11.8 Å². The molecule has 4 nitrogen and oxygen atoms in total. The Hall–Kier alpha value is -2.02. The van der Waals surface area contributed by atoms with E-state index in [1.807, 2.05) is 0 Å². The largest absolute Gasteiger partial charge is 0.500 e. The van der Waals surface area contributed by atoms with Crippen LogP contribution in [0.15, 0.2) is 30.0 Å². The third-order valence-corrected chi connectivity index (χ3v) is 2.97. The number of ketones is 1. The van der Waals surface area contributed by atoms with Crippen LogP contribution in [0.2, 0.25) is 5.02 Å². The van der Waals surface area contributed by atoms with E-state index in [4.69, 9.17) is 21.1 Å². The van der Waals surface area contributed by atoms with Crippen molar-refractivity contribution in [2.24, 2.45) is 0 Å². The predicted octanol–water partition coefficient (Wildman–Crippen LogP) is 4.03. The van der Waals surface area contributed by atoms with Crippen LogP contribution in [0.4, 0.5) is 13.2 Å². The average molecular weight is 351 g/mol. The van der Waals surface area contributed by atoms with Gasteiger partial charge in [0.15, 0.2) is 0 Å². The highest BCUT2D eigenvalue weighted by atomic mass is 35.5. The molecule has 0 bridgehead atoms. The number of ether oxygens (including phenoxy) is 2. The zero-order valence-corrected chi connectivity index (χ0v) is 13.1. The fourth-order valence-corrected chi connectivity index (χ4v) is 1.83. The van der Waals surface area contributed by atoms with Gasteiger partial charge in [-0.05, 0) is 32.0 Å². The zero-order valence-electron chi connectivity index (χ0n) is 12.4. The molecule has 0 fully saturated rings. The summed E-state index contributed by atoms with van der Waals surface area (Å²) in [6.45, 7) is 3.33. The Bertz CT molecular complexity index is 624. The minimum Gasteiger partial charge on any atom is -0.500 e. The smallest absolute Gasteiger partial charge is 0.417 e. The van der Waals surface area contributed by atoms with E-state index < -0.39 is 34.1 Å². The molecular weight excluding hydrogens is 337 g/mol. The van der Waals surface area contributed by atoms with Crippen molar-refractivity contribution in [1.29, 1.82) is 0 Å². The maximum Gasteiger partial charge on any atom is 0.417 e. The minimum absolute atomic E-state index is 0.00397. The molecule has 0 spiro atoms. The van der Waals surface area contributed by atoms with Crippen LogP contribution >= 0.6 is 11.6 Å². The van der Waals surface area contributed by atoms with Crippen molar-refractivity contribution in [2.45, 2.75) is 20.0 Å². The van der Waals surface area contributed by atoms with Gasteiger partial charge in [0.2, 0.25) is 5.78 Å². The van der Waals surface area contributed by atoms with Crippen molar-refractivity contribution < 1.29 is 32.2 Å². The molecule has 1 rings (SSSR count). The van der Waals surface area contributed by atoms with Crippen molar-refractivity contribution in [1.82, 2.24) is 0 Å². The minimum atomic E-state index is -4.72. The van der Waals surface area contributed by atoms with Crippen LogP contribution in [0, 0.1) is 0 Å². The summed E-state index contributed by atoms with van der Waals surface area (Å²) < 4.78 is 48.1. The maximum atomic E-state index is 12.8. The molecule has 126 valence electrons. The average Bonchev–Trinajstić information content (AvgIpc) is 2.47. The molecule has 23 heavy (non-hydrogen) atoms. The van der Waals surface area contributed by atoms with E-state index in [0.29, 0.717) is 6.07 Å². The summed E-state index contributed by atoms with van der Waals surface area (Å²) in [5.41, 5.74) is -2.01. The molecule has 0 aliphatic heterocycles. The second kappa shape index (κ2) is 8.01. The molecule has 0 aliphatic carbocycles. The summed E-state index contributed by atoms with van der Waals surface area (Å²) in [4.78, 5) is 24.1. The van der Waals surface area contributed by atoms with Crippen LogP contribution in [-0.4, -0.2) is 25.0 Å². The highest BCUT2D eigenvalue weighted by Crippen LogP contribution is 2.35. The van der Waals surface area contributed by atoms with Gasteiger partial charge in [0, 0.05) is 5.56 Å². The fourth-order valence-electron chi connectivity index (χ4n) is 1.61. The maximum absolute atomic E-state index is 12.8. The van der Waals surface area contributed by atoms with Crippen LogP contribution in [0.3, 0.4) is 0 Å². The molecule has 0 saturated heterocycles. The number of hydrogen-bond acceptors (Lipinski definition) is 4. The van der Waals surface area contributed by atoms with E-state index in [1.54, 1.807) is 6.92 Å². The van der Waals surface area contributed by atoms with Gasteiger partial charge >= 0.3 is 12.1 Å². The van der Waals surface area contributed by atoms with E-state index in [-0.39, 0.29) is 18.8 Å². The zero-order chi connectivity index (χ0) is 17.6. The van der Waals surface area contributed by atoms with Gasteiger partial charge in [0.05, 0.1) is 23.8 Å². The van der Waals surface area contributed by atoms with Gasteiger partial charge in [-0.2, -0.15) is 13.2 Å². The summed E-state index contributed by atoms with van der Waals surface area (Å²) in [6.07, 6.45) is -3.84. The second-order valence-electron chi connectivity index (χ2n) is 4.23. The molecule has 1 aromatic rings. The molecule has 0 radical (unpaired) electrons. The monoisotopic (exact) mass is 350 g/mol. The van der Waals surface area contributed by atoms with E-state index in [2.05, 4.69) is 0 Å². The first-order chi connectivity index (χ1) is 10.7. The highest BCUT2D eigenvalue weighted by molar-refractivity contribution is 6.32. The number of esters is 1. The van der Waals surface area contributed by atoms with E-state index in [9.17, 15) is 22.8 Å². The van der Waals surface area contributed by atoms with Crippen molar-refractivity contribution in [2.75, 3.05) is 13.2 Å². The number of benzene rings is 1. The van der Waals surface area contributed by atoms with Gasteiger partial charge in [-0.15, -0.1) is 0 Å². The second-order valence-corrected chi connectivity index (χ2v) is 4.64. The molecule has 0 atom stereocenters. The number of alkyl halides is 3. The Kier molecular flexibility index (Phi) is 6.62. The van der Waals surface area contributed by atoms with Crippen molar-refractivity contribution in [3.63, 3.8) is 0 Å². The summed E-state index contributed by atoms with van der Waals surface area (Å²) in [6, 6.07) is 2.63. The fraction of sp³-hybridized carbons (Fsp3) is 0.333. The van der Waals surface area contributed by atoms with Crippen molar-refractivity contribution in [3.8, 4) is 0 Å². The molecule has 0 saturated carbocycles. The SMILES string of the molecule is CCO/C=C(\C(=O)OCC)C(=O)c1ccc(Cl)c(C(F)(F)F)c1. The van der Waals surface area contributed by atoms with Crippen LogP contribution in [0.25, 0.3) is 0 Å². The number of rotatable bonds is 6. The molecule has 0 aliphatic rings. The molecule has 0 N–H and O–H groups in total. The first-order valence-electron chi connectivity index (χ1n) is 6.62. The standard InChI is InChI=1S/C15H14ClF3O4/c1-3-22-8-10(14(21)23-4-2)13(20)9-5-6-12(16)11(7-9)15(17,18)19/h5-8H,3-4H2,1-2H3/b10-8-. The van der Waals surface area contributed by atoms with Gasteiger partial charge < -0.3 is 9.47 Å². The van der Waals surface area contributed by atoms with Gasteiger partial charge in [-0.1, -0.05) is 11.6 Å². The van der Waals surface area contributed by atoms with Crippen LogP contribution in [0.1, 0.15) is 29.8 Å². The number of carbonyl (C=O) groups excluding carboxylic acids is 2. The Morgan fingerprint density at radius 1 is 1.22 bits per heavy atom. The molecule has 0 unspecified atom stereocenters. The quantitative estimate of drug-likeness (QED) is 0.194. The number of hydrogen-bond donors (Lipinski definition) is 0. The lowest BCUT2D eigenvalue weighted by Crippen LogP contribution is -2.17. The molecular formula is C15H14ClF3O4. The number of halogens is 4. The van der Waals surface area contributed by atoms with Crippen molar-refractivity contribution >= 4 is 23.4 Å². The predicted molar refractivity (Wildman–Crippen MR) is 77.1 cm³/mol. The normalized spacial score (nSPS) is 12.0. The molecule has 0 amide bonds. The Labute approximate surface area is 135 Å². The van der Waals surface area contributed by atoms with Crippen LogP contribution < -0.4 is 0 Å². The molecule has 1 aromatic carbocycles. The van der Waals surface area contributed by atoms with Gasteiger partial charge in [0.25, 0.3) is 0 Å².